The molecule has 0 aliphatic carbocycles. The maximum atomic E-state index is 11.9. The minimum Gasteiger partial charge on any atom is -0.438 e. The molecule has 0 atom stereocenters. The van der Waals surface area contributed by atoms with Crippen molar-refractivity contribution in [2.45, 2.75) is 20.3 Å². The molecule has 5 heteroatoms. The van der Waals surface area contributed by atoms with Crippen molar-refractivity contribution in [1.82, 2.24) is 15.5 Å². The van der Waals surface area contributed by atoms with E-state index >= 15 is 0 Å². The van der Waals surface area contributed by atoms with Crippen molar-refractivity contribution >= 4 is 5.91 Å². The molecule has 1 aromatic heterocycles. The molecule has 1 heterocycles. The zero-order chi connectivity index (χ0) is 14.4. The highest BCUT2D eigenvalue weighted by Crippen LogP contribution is 2.19. The van der Waals surface area contributed by atoms with Crippen LogP contribution in [-0.4, -0.2) is 22.6 Å². The van der Waals surface area contributed by atoms with Crippen LogP contribution >= 0.6 is 0 Å². The molecule has 20 heavy (non-hydrogen) atoms. The molecule has 0 saturated heterocycles. The maximum Gasteiger partial charge on any atom is 0.251 e. The summed E-state index contributed by atoms with van der Waals surface area (Å²) in [7, 11) is 0. The molecule has 0 aliphatic heterocycles. The first-order chi connectivity index (χ1) is 9.69. The molecule has 104 valence electrons. The molecular formula is C15H17N3O2. The Bertz CT molecular complexity index is 582. The van der Waals surface area contributed by atoms with Crippen LogP contribution in [-0.2, 0) is 0 Å². The van der Waals surface area contributed by atoms with Gasteiger partial charge in [0.1, 0.15) is 5.75 Å². The number of aromatic nitrogens is 2. The summed E-state index contributed by atoms with van der Waals surface area (Å²) in [5.41, 5.74) is 1.39. The first kappa shape index (κ1) is 14.0. The number of aryl methyl sites for hydroxylation is 1. The fraction of sp³-hybridized carbons (Fsp3) is 0.267. The summed E-state index contributed by atoms with van der Waals surface area (Å²) in [6.07, 6.45) is 0.904. The van der Waals surface area contributed by atoms with Crippen LogP contribution in [0.5, 0.6) is 11.6 Å². The zero-order valence-corrected chi connectivity index (χ0v) is 11.6. The standard InChI is InChI=1S/C15H17N3O2/c1-3-9-16-15(19)12-5-4-6-13(10-12)20-14-8-7-11(2)17-18-14/h4-8,10H,3,9H2,1-2H3,(H,16,19). The second kappa shape index (κ2) is 6.65. The number of rotatable bonds is 5. The number of nitrogens with one attached hydrogen (secondary N) is 1. The lowest BCUT2D eigenvalue weighted by molar-refractivity contribution is 0.0953. The highest BCUT2D eigenvalue weighted by molar-refractivity contribution is 5.94. The van der Waals surface area contributed by atoms with Gasteiger partial charge in [0.05, 0.1) is 5.69 Å². The van der Waals surface area contributed by atoms with Gasteiger partial charge in [-0.3, -0.25) is 4.79 Å². The average Bonchev–Trinajstić information content (AvgIpc) is 2.47. The van der Waals surface area contributed by atoms with Gasteiger partial charge in [-0.1, -0.05) is 13.0 Å². The Hall–Kier alpha value is -2.43. The molecule has 1 amide bonds. The molecule has 2 aromatic rings. The lowest BCUT2D eigenvalue weighted by Crippen LogP contribution is -2.23. The summed E-state index contributed by atoms with van der Waals surface area (Å²) in [4.78, 5) is 11.9. The van der Waals surface area contributed by atoms with Gasteiger partial charge >= 0.3 is 0 Å². The summed E-state index contributed by atoms with van der Waals surface area (Å²) in [5, 5.41) is 10.7. The average molecular weight is 271 g/mol. The van der Waals surface area contributed by atoms with Crippen molar-refractivity contribution in [1.29, 1.82) is 0 Å². The van der Waals surface area contributed by atoms with Gasteiger partial charge in [-0.05, 0) is 37.6 Å². The summed E-state index contributed by atoms with van der Waals surface area (Å²) >= 11 is 0. The van der Waals surface area contributed by atoms with E-state index in [0.29, 0.717) is 23.7 Å². The lowest BCUT2D eigenvalue weighted by Gasteiger charge is -2.07. The second-order valence-corrected chi connectivity index (χ2v) is 4.40. The largest absolute Gasteiger partial charge is 0.438 e. The van der Waals surface area contributed by atoms with Crippen molar-refractivity contribution in [3.05, 3.63) is 47.7 Å². The molecule has 2 rings (SSSR count). The highest BCUT2D eigenvalue weighted by atomic mass is 16.5. The Kier molecular flexibility index (Phi) is 4.65. The lowest BCUT2D eigenvalue weighted by atomic mass is 10.2. The van der Waals surface area contributed by atoms with Crippen molar-refractivity contribution < 1.29 is 9.53 Å². The van der Waals surface area contributed by atoms with Crippen LogP contribution in [0.2, 0.25) is 0 Å². The van der Waals surface area contributed by atoms with E-state index in [0.717, 1.165) is 12.1 Å². The van der Waals surface area contributed by atoms with Crippen molar-refractivity contribution in [3.63, 3.8) is 0 Å². The first-order valence-corrected chi connectivity index (χ1v) is 6.55. The third kappa shape index (κ3) is 3.78. The monoisotopic (exact) mass is 271 g/mol. The van der Waals surface area contributed by atoms with E-state index in [1.807, 2.05) is 19.9 Å². The Morgan fingerprint density at radius 2 is 2.10 bits per heavy atom. The van der Waals surface area contributed by atoms with E-state index in [2.05, 4.69) is 15.5 Å². The van der Waals surface area contributed by atoms with Gasteiger partial charge in [-0.15, -0.1) is 5.10 Å². The summed E-state index contributed by atoms with van der Waals surface area (Å²) in [6.45, 7) is 4.53. The summed E-state index contributed by atoms with van der Waals surface area (Å²) < 4.78 is 5.58. The third-order valence-electron chi connectivity index (χ3n) is 2.63. The van der Waals surface area contributed by atoms with Crippen LogP contribution in [0.25, 0.3) is 0 Å². The normalized spacial score (nSPS) is 10.1. The minimum atomic E-state index is -0.104. The number of amides is 1. The van der Waals surface area contributed by atoms with Gasteiger partial charge < -0.3 is 10.1 Å². The van der Waals surface area contributed by atoms with Crippen molar-refractivity contribution in [3.8, 4) is 11.6 Å². The number of nitrogens with zero attached hydrogens (tertiary/aromatic N) is 2. The SMILES string of the molecule is CCCNC(=O)c1cccc(Oc2ccc(C)nn2)c1. The molecule has 1 aromatic carbocycles. The molecule has 1 N–H and O–H groups in total. The number of carbonyl (C=O) groups excluding carboxylic acids is 1. The Labute approximate surface area is 118 Å². The molecule has 0 saturated carbocycles. The van der Waals surface area contributed by atoms with Gasteiger partial charge in [-0.2, -0.15) is 5.10 Å². The smallest absolute Gasteiger partial charge is 0.251 e. The number of hydrogen-bond acceptors (Lipinski definition) is 4. The molecule has 0 radical (unpaired) electrons. The Balaban J connectivity index is 2.09. The molecule has 0 bridgehead atoms. The van der Waals surface area contributed by atoms with E-state index < -0.39 is 0 Å². The summed E-state index contributed by atoms with van der Waals surface area (Å²) in [6, 6.07) is 10.5. The van der Waals surface area contributed by atoms with Crippen LogP contribution < -0.4 is 10.1 Å². The van der Waals surface area contributed by atoms with E-state index in [-0.39, 0.29) is 5.91 Å². The van der Waals surface area contributed by atoms with E-state index in [1.54, 1.807) is 30.3 Å². The highest BCUT2D eigenvalue weighted by Gasteiger charge is 2.06. The Morgan fingerprint density at radius 1 is 1.25 bits per heavy atom. The zero-order valence-electron chi connectivity index (χ0n) is 11.6. The first-order valence-electron chi connectivity index (χ1n) is 6.55. The van der Waals surface area contributed by atoms with Crippen LogP contribution in [0.4, 0.5) is 0 Å². The number of benzene rings is 1. The van der Waals surface area contributed by atoms with Crippen molar-refractivity contribution in [2.24, 2.45) is 0 Å². The van der Waals surface area contributed by atoms with Gasteiger partial charge in [0.2, 0.25) is 5.88 Å². The number of ether oxygens (including phenoxy) is 1. The van der Waals surface area contributed by atoms with Gasteiger partial charge in [-0.25, -0.2) is 0 Å². The fourth-order valence-electron chi connectivity index (χ4n) is 1.60. The topological polar surface area (TPSA) is 64.1 Å². The van der Waals surface area contributed by atoms with Crippen molar-refractivity contribution in [2.75, 3.05) is 6.54 Å². The molecule has 0 fully saturated rings. The molecule has 0 spiro atoms. The van der Waals surface area contributed by atoms with Crippen LogP contribution in [0.15, 0.2) is 36.4 Å². The number of carbonyl (C=O) groups is 1. The molecule has 0 unspecified atom stereocenters. The van der Waals surface area contributed by atoms with Gasteiger partial charge in [0.25, 0.3) is 5.91 Å². The van der Waals surface area contributed by atoms with Crippen LogP contribution in [0.1, 0.15) is 29.4 Å². The third-order valence-corrected chi connectivity index (χ3v) is 2.63. The molecular weight excluding hydrogens is 254 g/mol. The maximum absolute atomic E-state index is 11.9. The predicted octanol–water partition coefficient (Wildman–Crippen LogP) is 2.72. The quantitative estimate of drug-likeness (QED) is 0.908. The molecule has 0 aliphatic rings. The van der Waals surface area contributed by atoms with E-state index in [9.17, 15) is 4.79 Å². The fourth-order valence-corrected chi connectivity index (χ4v) is 1.60. The van der Waals surface area contributed by atoms with Crippen LogP contribution in [0.3, 0.4) is 0 Å². The molecule has 5 nitrogen and oxygen atoms in total. The minimum absolute atomic E-state index is 0.104. The van der Waals surface area contributed by atoms with E-state index in [4.69, 9.17) is 4.74 Å². The summed E-state index contributed by atoms with van der Waals surface area (Å²) in [5.74, 6) is 0.862. The van der Waals surface area contributed by atoms with Crippen LogP contribution in [0, 0.1) is 6.92 Å². The number of hydrogen-bond donors (Lipinski definition) is 1. The second-order valence-electron chi connectivity index (χ2n) is 4.40. The van der Waals surface area contributed by atoms with Gasteiger partial charge in [0.15, 0.2) is 0 Å². The van der Waals surface area contributed by atoms with Gasteiger partial charge in [0, 0.05) is 18.2 Å². The van der Waals surface area contributed by atoms with E-state index in [1.165, 1.54) is 0 Å². The Morgan fingerprint density at radius 3 is 2.80 bits per heavy atom. The predicted molar refractivity (Wildman–Crippen MR) is 75.9 cm³/mol.